The lowest BCUT2D eigenvalue weighted by Crippen LogP contribution is -2.55. The van der Waals surface area contributed by atoms with Crippen molar-refractivity contribution in [2.75, 3.05) is 20.2 Å². The highest BCUT2D eigenvalue weighted by Gasteiger charge is 2.37. The van der Waals surface area contributed by atoms with E-state index in [4.69, 9.17) is 4.74 Å². The molecule has 0 spiro atoms. The first-order chi connectivity index (χ1) is 15.8. The quantitative estimate of drug-likeness (QED) is 0.397. The number of carbonyl (C=O) groups is 4. The Morgan fingerprint density at radius 1 is 1.12 bits per heavy atom. The summed E-state index contributed by atoms with van der Waals surface area (Å²) >= 11 is 0. The fourth-order valence-electron chi connectivity index (χ4n) is 3.14. The summed E-state index contributed by atoms with van der Waals surface area (Å²) in [4.78, 5) is 52.2. The van der Waals surface area contributed by atoms with Gasteiger partial charge in [-0.1, -0.05) is 49.8 Å². The molecule has 0 saturated heterocycles. The number of rotatable bonds is 10. The van der Waals surface area contributed by atoms with Crippen LogP contribution in [0.25, 0.3) is 0 Å². The molecular weight excluding hydrogens is 438 g/mol. The molecule has 0 aromatic heterocycles. The first kappa shape index (κ1) is 28.7. The van der Waals surface area contributed by atoms with Crippen molar-refractivity contribution < 1.29 is 28.7 Å². The van der Waals surface area contributed by atoms with Crippen molar-refractivity contribution in [1.82, 2.24) is 15.5 Å². The summed E-state index contributed by atoms with van der Waals surface area (Å²) in [6.45, 7) is 14.0. The van der Waals surface area contributed by atoms with E-state index in [1.807, 2.05) is 19.1 Å². The number of esters is 1. The summed E-state index contributed by atoms with van der Waals surface area (Å²) in [6.07, 6.45) is 0.762. The van der Waals surface area contributed by atoms with E-state index in [1.54, 1.807) is 46.8 Å². The van der Waals surface area contributed by atoms with Crippen molar-refractivity contribution in [2.45, 2.75) is 59.2 Å². The van der Waals surface area contributed by atoms with Gasteiger partial charge in [-0.05, 0) is 39.2 Å². The number of carbonyl (C=O) groups excluding carboxylic acids is 4. The first-order valence-electron chi connectivity index (χ1n) is 11.1. The van der Waals surface area contributed by atoms with Gasteiger partial charge in [0.2, 0.25) is 11.8 Å². The van der Waals surface area contributed by atoms with Crippen LogP contribution in [0.3, 0.4) is 0 Å². The molecule has 2 N–H and O–H groups in total. The molecule has 9 heteroatoms. The maximum atomic E-state index is 13.7. The normalized spacial score (nSPS) is 12.8. The Kier molecular flexibility index (Phi) is 10.8. The molecule has 0 aliphatic carbocycles. The number of aryl methyl sites for hydroxylation is 1. The molecule has 0 aliphatic heterocycles. The van der Waals surface area contributed by atoms with Crippen molar-refractivity contribution in [3.8, 4) is 0 Å². The third kappa shape index (κ3) is 8.88. The molecule has 1 rings (SSSR count). The third-order valence-electron chi connectivity index (χ3n) is 4.80. The molecule has 1 aromatic carbocycles. The lowest BCUT2D eigenvalue weighted by atomic mass is 9.98. The summed E-state index contributed by atoms with van der Waals surface area (Å²) in [5.41, 5.74) is 0.780. The van der Waals surface area contributed by atoms with E-state index in [2.05, 4.69) is 21.9 Å². The molecule has 3 amide bonds. The molecule has 9 nitrogen and oxygen atoms in total. The number of amides is 3. The van der Waals surface area contributed by atoms with Crippen molar-refractivity contribution in [1.29, 1.82) is 0 Å². The van der Waals surface area contributed by atoms with Gasteiger partial charge in [0.15, 0.2) is 0 Å². The van der Waals surface area contributed by atoms with Gasteiger partial charge in [0.05, 0.1) is 7.11 Å². The molecule has 0 bridgehead atoms. The molecule has 2 atom stereocenters. The zero-order chi connectivity index (χ0) is 26.1. The summed E-state index contributed by atoms with van der Waals surface area (Å²) < 4.78 is 9.92. The van der Waals surface area contributed by atoms with Gasteiger partial charge in [-0.15, -0.1) is 6.58 Å². The fourth-order valence-corrected chi connectivity index (χ4v) is 3.14. The summed E-state index contributed by atoms with van der Waals surface area (Å²) in [6, 6.07) is 5.10. The van der Waals surface area contributed by atoms with Crippen LogP contribution in [0, 0.1) is 12.8 Å². The lowest BCUT2D eigenvalue weighted by Gasteiger charge is -2.35. The van der Waals surface area contributed by atoms with Crippen LogP contribution in [0.15, 0.2) is 36.9 Å². The minimum atomic E-state index is -1.07. The molecule has 0 saturated carbocycles. The second kappa shape index (κ2) is 12.8. The Hall–Kier alpha value is -3.36. The zero-order valence-electron chi connectivity index (χ0n) is 21.1. The SMILES string of the molecule is C=CCN(C(=O)C(NC(=O)OC(C)(C)C)C(C)C)C(C(=O)NCC(=O)OC)c1ccc(C)cc1. The second-order valence-corrected chi connectivity index (χ2v) is 9.25. The van der Waals surface area contributed by atoms with Gasteiger partial charge >= 0.3 is 12.1 Å². The zero-order valence-corrected chi connectivity index (χ0v) is 21.1. The number of benzene rings is 1. The number of hydrogen-bond acceptors (Lipinski definition) is 6. The average Bonchev–Trinajstić information content (AvgIpc) is 2.74. The smallest absolute Gasteiger partial charge is 0.408 e. The molecule has 34 heavy (non-hydrogen) atoms. The fraction of sp³-hybridized carbons (Fsp3) is 0.520. The average molecular weight is 476 g/mol. The molecular formula is C25H37N3O6. The maximum Gasteiger partial charge on any atom is 0.408 e. The number of nitrogens with one attached hydrogen (secondary N) is 2. The largest absolute Gasteiger partial charge is 0.468 e. The highest BCUT2D eigenvalue weighted by Crippen LogP contribution is 2.24. The minimum absolute atomic E-state index is 0.0300. The van der Waals surface area contributed by atoms with Gasteiger partial charge in [0.1, 0.15) is 24.2 Å². The van der Waals surface area contributed by atoms with Crippen LogP contribution in [0.1, 0.15) is 51.8 Å². The van der Waals surface area contributed by atoms with Gasteiger partial charge < -0.3 is 25.0 Å². The summed E-state index contributed by atoms with van der Waals surface area (Å²) in [7, 11) is 1.22. The third-order valence-corrected chi connectivity index (χ3v) is 4.80. The van der Waals surface area contributed by atoms with Gasteiger partial charge in [-0.3, -0.25) is 14.4 Å². The highest BCUT2D eigenvalue weighted by atomic mass is 16.6. The monoisotopic (exact) mass is 475 g/mol. The Balaban J connectivity index is 3.37. The number of methoxy groups -OCH3 is 1. The van der Waals surface area contributed by atoms with Crippen LogP contribution in [-0.4, -0.2) is 60.6 Å². The predicted octanol–water partition coefficient (Wildman–Crippen LogP) is 2.89. The molecule has 188 valence electrons. The van der Waals surface area contributed by atoms with Crippen molar-refractivity contribution in [3.05, 3.63) is 48.0 Å². The van der Waals surface area contributed by atoms with Crippen LogP contribution in [-0.2, 0) is 23.9 Å². The van der Waals surface area contributed by atoms with Gasteiger partial charge in [-0.2, -0.15) is 0 Å². The van der Waals surface area contributed by atoms with E-state index in [9.17, 15) is 19.2 Å². The minimum Gasteiger partial charge on any atom is -0.468 e. The van der Waals surface area contributed by atoms with Crippen LogP contribution in [0.5, 0.6) is 0 Å². The van der Waals surface area contributed by atoms with Crippen LogP contribution in [0.2, 0.25) is 0 Å². The van der Waals surface area contributed by atoms with Crippen LogP contribution in [0.4, 0.5) is 4.79 Å². The molecule has 0 radical (unpaired) electrons. The van der Waals surface area contributed by atoms with E-state index in [0.717, 1.165) is 5.56 Å². The summed E-state index contributed by atoms with van der Waals surface area (Å²) in [5, 5.41) is 5.16. The number of hydrogen-bond donors (Lipinski definition) is 2. The number of nitrogens with zero attached hydrogens (tertiary/aromatic N) is 1. The lowest BCUT2D eigenvalue weighted by molar-refractivity contribution is -0.144. The molecule has 2 unspecified atom stereocenters. The van der Waals surface area contributed by atoms with E-state index in [-0.39, 0.29) is 19.0 Å². The number of ether oxygens (including phenoxy) is 2. The Labute approximate surface area is 201 Å². The molecule has 0 aliphatic rings. The van der Waals surface area contributed by atoms with E-state index in [0.29, 0.717) is 5.56 Å². The van der Waals surface area contributed by atoms with Crippen LogP contribution >= 0.6 is 0 Å². The van der Waals surface area contributed by atoms with Crippen molar-refractivity contribution in [2.24, 2.45) is 5.92 Å². The number of alkyl carbamates (subject to hydrolysis) is 1. The summed E-state index contributed by atoms with van der Waals surface area (Å²) in [5.74, 6) is -1.97. The van der Waals surface area contributed by atoms with Gasteiger partial charge in [0.25, 0.3) is 0 Å². The van der Waals surface area contributed by atoms with E-state index in [1.165, 1.54) is 18.1 Å². The van der Waals surface area contributed by atoms with Crippen molar-refractivity contribution >= 4 is 23.9 Å². The highest BCUT2D eigenvalue weighted by molar-refractivity contribution is 5.93. The molecule has 0 heterocycles. The Morgan fingerprint density at radius 2 is 1.71 bits per heavy atom. The predicted molar refractivity (Wildman–Crippen MR) is 129 cm³/mol. The van der Waals surface area contributed by atoms with Gasteiger partial charge in [0, 0.05) is 6.54 Å². The Morgan fingerprint density at radius 3 is 2.18 bits per heavy atom. The van der Waals surface area contributed by atoms with Crippen molar-refractivity contribution in [3.63, 3.8) is 0 Å². The van der Waals surface area contributed by atoms with E-state index < -0.39 is 41.6 Å². The second-order valence-electron chi connectivity index (χ2n) is 9.25. The van der Waals surface area contributed by atoms with Gasteiger partial charge in [-0.25, -0.2) is 4.79 Å². The first-order valence-corrected chi connectivity index (χ1v) is 11.1. The maximum absolute atomic E-state index is 13.7. The van der Waals surface area contributed by atoms with Crippen LogP contribution < -0.4 is 10.6 Å². The standard InChI is InChI=1S/C25H37N3O6/c1-9-14-28(23(31)20(16(2)3)27-24(32)34-25(5,6)7)21(18-12-10-17(4)11-13-18)22(30)26-15-19(29)33-8/h9-13,16,20-21H,1,14-15H2,2-8H3,(H,26,30)(H,27,32). The Bertz CT molecular complexity index is 874. The van der Waals surface area contributed by atoms with E-state index >= 15 is 0 Å². The topological polar surface area (TPSA) is 114 Å². The molecule has 0 fully saturated rings. The molecule has 1 aromatic rings.